The SMILES string of the molecule is N#Cc1cccc(S(=O)(=O)N2CCCC2c2ccc(F)cc2)c1. The first-order valence-corrected chi connectivity index (χ1v) is 8.74. The molecular weight excluding hydrogens is 315 g/mol. The van der Waals surface area contributed by atoms with Crippen LogP contribution in [0.4, 0.5) is 4.39 Å². The molecule has 0 N–H and O–H groups in total. The molecule has 0 aromatic heterocycles. The van der Waals surface area contributed by atoms with Gasteiger partial charge in [0.2, 0.25) is 10.0 Å². The van der Waals surface area contributed by atoms with Crippen molar-refractivity contribution < 1.29 is 12.8 Å². The van der Waals surface area contributed by atoms with E-state index in [0.717, 1.165) is 12.0 Å². The highest BCUT2D eigenvalue weighted by Gasteiger charge is 2.36. The van der Waals surface area contributed by atoms with Gasteiger partial charge in [-0.2, -0.15) is 9.57 Å². The van der Waals surface area contributed by atoms with Crippen LogP contribution < -0.4 is 0 Å². The standard InChI is InChI=1S/C17H15FN2O2S/c18-15-8-6-14(7-9-15)17-5-2-10-20(17)23(21,22)16-4-1-3-13(11-16)12-19/h1,3-4,6-9,11,17H,2,5,10H2. The molecule has 2 aromatic rings. The third-order valence-corrected chi connectivity index (χ3v) is 5.93. The summed E-state index contributed by atoms with van der Waals surface area (Å²) < 4.78 is 40.3. The number of sulfonamides is 1. The summed E-state index contributed by atoms with van der Waals surface area (Å²) in [5, 5.41) is 8.96. The fourth-order valence-electron chi connectivity index (χ4n) is 2.91. The average molecular weight is 330 g/mol. The maximum absolute atomic E-state index is 13.1. The van der Waals surface area contributed by atoms with Crippen LogP contribution in [0.3, 0.4) is 0 Å². The van der Waals surface area contributed by atoms with Crippen molar-refractivity contribution in [2.45, 2.75) is 23.8 Å². The molecule has 1 atom stereocenters. The molecule has 23 heavy (non-hydrogen) atoms. The number of nitrogens with zero attached hydrogens (tertiary/aromatic N) is 2. The van der Waals surface area contributed by atoms with Crippen molar-refractivity contribution in [1.82, 2.24) is 4.31 Å². The van der Waals surface area contributed by atoms with Crippen molar-refractivity contribution in [3.05, 3.63) is 65.5 Å². The molecule has 2 aromatic carbocycles. The molecule has 1 heterocycles. The van der Waals surface area contributed by atoms with Gasteiger partial charge in [0, 0.05) is 6.54 Å². The topological polar surface area (TPSA) is 61.2 Å². The van der Waals surface area contributed by atoms with E-state index in [4.69, 9.17) is 5.26 Å². The fourth-order valence-corrected chi connectivity index (χ4v) is 4.64. The zero-order valence-electron chi connectivity index (χ0n) is 12.3. The summed E-state index contributed by atoms with van der Waals surface area (Å²) in [5.74, 6) is -0.345. The quantitative estimate of drug-likeness (QED) is 0.868. The molecule has 1 aliphatic rings. The van der Waals surface area contributed by atoms with Crippen LogP contribution in [-0.4, -0.2) is 19.3 Å². The normalized spacial score (nSPS) is 18.7. The minimum atomic E-state index is -3.69. The maximum Gasteiger partial charge on any atom is 0.243 e. The van der Waals surface area contributed by atoms with Crippen molar-refractivity contribution in [1.29, 1.82) is 5.26 Å². The number of benzene rings is 2. The van der Waals surface area contributed by atoms with E-state index < -0.39 is 10.0 Å². The van der Waals surface area contributed by atoms with Gasteiger partial charge in [0.1, 0.15) is 5.82 Å². The molecule has 4 nitrogen and oxygen atoms in total. The molecule has 1 saturated heterocycles. The van der Waals surface area contributed by atoms with Gasteiger partial charge in [-0.25, -0.2) is 12.8 Å². The van der Waals surface area contributed by atoms with Crippen molar-refractivity contribution in [2.24, 2.45) is 0 Å². The summed E-state index contributed by atoms with van der Waals surface area (Å²) in [7, 11) is -3.69. The zero-order valence-corrected chi connectivity index (χ0v) is 13.1. The number of rotatable bonds is 3. The summed E-state index contributed by atoms with van der Waals surface area (Å²) in [6.45, 7) is 0.418. The third kappa shape index (κ3) is 2.98. The van der Waals surface area contributed by atoms with Gasteiger partial charge in [-0.1, -0.05) is 18.2 Å². The summed E-state index contributed by atoms with van der Waals surface area (Å²) >= 11 is 0. The molecule has 1 fully saturated rings. The second-order valence-corrected chi connectivity index (χ2v) is 7.36. The van der Waals surface area contributed by atoms with Crippen LogP contribution in [0.2, 0.25) is 0 Å². The average Bonchev–Trinajstić information content (AvgIpc) is 3.06. The molecule has 0 bridgehead atoms. The largest absolute Gasteiger partial charge is 0.243 e. The van der Waals surface area contributed by atoms with Crippen LogP contribution >= 0.6 is 0 Å². The van der Waals surface area contributed by atoms with Crippen molar-refractivity contribution in [3.8, 4) is 6.07 Å². The van der Waals surface area contributed by atoms with E-state index in [1.54, 1.807) is 24.3 Å². The molecule has 0 aliphatic carbocycles. The first-order valence-electron chi connectivity index (χ1n) is 7.30. The lowest BCUT2D eigenvalue weighted by Crippen LogP contribution is -2.30. The minimum absolute atomic E-state index is 0.116. The first kappa shape index (κ1) is 15.7. The summed E-state index contributed by atoms with van der Waals surface area (Å²) in [5.41, 5.74) is 1.09. The molecule has 1 aliphatic heterocycles. The summed E-state index contributed by atoms with van der Waals surface area (Å²) in [4.78, 5) is 0.116. The highest BCUT2D eigenvalue weighted by Crippen LogP contribution is 2.36. The molecule has 6 heteroatoms. The molecule has 0 saturated carbocycles. The summed E-state index contributed by atoms with van der Waals surface area (Å²) in [6, 6.07) is 13.6. The van der Waals surface area contributed by atoms with Crippen LogP contribution in [0, 0.1) is 17.1 Å². The molecule has 1 unspecified atom stereocenters. The lowest BCUT2D eigenvalue weighted by molar-refractivity contribution is 0.396. The monoisotopic (exact) mass is 330 g/mol. The van der Waals surface area contributed by atoms with Crippen molar-refractivity contribution in [3.63, 3.8) is 0 Å². The van der Waals surface area contributed by atoms with Crippen LogP contribution in [-0.2, 0) is 10.0 Å². The Morgan fingerprint density at radius 3 is 2.61 bits per heavy atom. The minimum Gasteiger partial charge on any atom is -0.207 e. The van der Waals surface area contributed by atoms with E-state index in [2.05, 4.69) is 0 Å². The smallest absolute Gasteiger partial charge is 0.207 e. The van der Waals surface area contributed by atoms with E-state index >= 15 is 0 Å². The molecule has 0 amide bonds. The predicted molar refractivity (Wildman–Crippen MR) is 83.4 cm³/mol. The van der Waals surface area contributed by atoms with Crippen molar-refractivity contribution >= 4 is 10.0 Å². The van der Waals surface area contributed by atoms with E-state index in [1.165, 1.54) is 28.6 Å². The second kappa shape index (κ2) is 6.11. The Kier molecular flexibility index (Phi) is 4.16. The Hall–Kier alpha value is -2.23. The van der Waals surface area contributed by atoms with Gasteiger partial charge >= 0.3 is 0 Å². The highest BCUT2D eigenvalue weighted by atomic mass is 32.2. The zero-order chi connectivity index (χ0) is 16.4. The lowest BCUT2D eigenvalue weighted by atomic mass is 10.1. The van der Waals surface area contributed by atoms with Gasteiger partial charge in [0.05, 0.1) is 22.6 Å². The number of nitriles is 1. The van der Waals surface area contributed by atoms with Gasteiger partial charge in [-0.15, -0.1) is 0 Å². The van der Waals surface area contributed by atoms with Gasteiger partial charge in [0.25, 0.3) is 0 Å². The van der Waals surface area contributed by atoms with E-state index in [0.29, 0.717) is 18.5 Å². The number of hydrogen-bond acceptors (Lipinski definition) is 3. The Morgan fingerprint density at radius 1 is 1.17 bits per heavy atom. The molecular formula is C17H15FN2O2S. The van der Waals surface area contributed by atoms with E-state index in [1.807, 2.05) is 6.07 Å². The molecule has 0 spiro atoms. The molecule has 118 valence electrons. The van der Waals surface area contributed by atoms with Gasteiger partial charge in [0.15, 0.2) is 0 Å². The predicted octanol–water partition coefficient (Wildman–Crippen LogP) is 3.22. The van der Waals surface area contributed by atoms with E-state index in [-0.39, 0.29) is 16.8 Å². The van der Waals surface area contributed by atoms with Gasteiger partial charge in [-0.05, 0) is 48.7 Å². The third-order valence-electron chi connectivity index (χ3n) is 4.03. The maximum atomic E-state index is 13.1. The molecule has 3 rings (SSSR count). The van der Waals surface area contributed by atoms with Gasteiger partial charge < -0.3 is 0 Å². The molecule has 0 radical (unpaired) electrons. The number of halogens is 1. The Labute approximate surface area is 134 Å². The first-order chi connectivity index (χ1) is 11.0. The Balaban J connectivity index is 1.98. The second-order valence-electron chi connectivity index (χ2n) is 5.46. The van der Waals surface area contributed by atoms with Crippen LogP contribution in [0.25, 0.3) is 0 Å². The van der Waals surface area contributed by atoms with Crippen LogP contribution in [0.15, 0.2) is 53.4 Å². The summed E-state index contributed by atoms with van der Waals surface area (Å²) in [6.07, 6.45) is 1.45. The van der Waals surface area contributed by atoms with Gasteiger partial charge in [-0.3, -0.25) is 0 Å². The fraction of sp³-hybridized carbons (Fsp3) is 0.235. The Bertz CT molecular complexity index is 857. The van der Waals surface area contributed by atoms with E-state index in [9.17, 15) is 12.8 Å². The Morgan fingerprint density at radius 2 is 1.91 bits per heavy atom. The lowest BCUT2D eigenvalue weighted by Gasteiger charge is -2.24. The highest BCUT2D eigenvalue weighted by molar-refractivity contribution is 7.89. The van der Waals surface area contributed by atoms with Crippen molar-refractivity contribution in [2.75, 3.05) is 6.54 Å². The van der Waals surface area contributed by atoms with Crippen LogP contribution in [0.1, 0.15) is 30.0 Å². The number of hydrogen-bond donors (Lipinski definition) is 0. The van der Waals surface area contributed by atoms with Crippen LogP contribution in [0.5, 0.6) is 0 Å².